The summed E-state index contributed by atoms with van der Waals surface area (Å²) in [5.74, 6) is -0.586. The van der Waals surface area contributed by atoms with Gasteiger partial charge in [0.2, 0.25) is 0 Å². The smallest absolute Gasteiger partial charge is 0.267 e. The van der Waals surface area contributed by atoms with Crippen molar-refractivity contribution in [1.29, 1.82) is 0 Å². The Hall–Kier alpha value is -2.24. The summed E-state index contributed by atoms with van der Waals surface area (Å²) in [5.41, 5.74) is 1.99. The molecule has 6 heteroatoms. The molecule has 0 heterocycles. The monoisotopic (exact) mass is 221 g/mol. The quantitative estimate of drug-likeness (QED) is 0.477. The van der Waals surface area contributed by atoms with Crippen molar-refractivity contribution in [2.45, 2.75) is 13.3 Å². The minimum absolute atomic E-state index is 0.000697. The van der Waals surface area contributed by atoms with Crippen molar-refractivity contribution in [3.63, 3.8) is 0 Å². The van der Waals surface area contributed by atoms with E-state index in [-0.39, 0.29) is 11.3 Å². The second-order valence-electron chi connectivity index (χ2n) is 2.94. The van der Waals surface area contributed by atoms with Gasteiger partial charge >= 0.3 is 0 Å². The number of amides is 1. The van der Waals surface area contributed by atoms with E-state index in [0.29, 0.717) is 6.42 Å². The van der Waals surface area contributed by atoms with Crippen molar-refractivity contribution < 1.29 is 9.72 Å². The van der Waals surface area contributed by atoms with Crippen LogP contribution in [0.15, 0.2) is 29.4 Å². The van der Waals surface area contributed by atoms with E-state index in [2.05, 4.69) is 10.5 Å². The Morgan fingerprint density at radius 2 is 2.25 bits per heavy atom. The summed E-state index contributed by atoms with van der Waals surface area (Å²) in [6.07, 6.45) is 2.18. The molecule has 6 nitrogen and oxygen atoms in total. The van der Waals surface area contributed by atoms with Crippen LogP contribution in [0.4, 0.5) is 5.69 Å². The van der Waals surface area contributed by atoms with E-state index in [1.807, 2.05) is 6.92 Å². The molecule has 0 aliphatic carbocycles. The Morgan fingerprint density at radius 3 is 2.88 bits per heavy atom. The topological polar surface area (TPSA) is 84.6 Å². The average molecular weight is 221 g/mol. The van der Waals surface area contributed by atoms with Crippen molar-refractivity contribution in [2.75, 3.05) is 0 Å². The number of rotatable bonds is 4. The lowest BCUT2D eigenvalue weighted by atomic mass is 10.2. The Kier molecular flexibility index (Phi) is 4.14. The first-order valence-electron chi connectivity index (χ1n) is 4.72. The highest BCUT2D eigenvalue weighted by molar-refractivity contribution is 5.98. The fraction of sp³-hybridized carbons (Fsp3) is 0.200. The lowest BCUT2D eigenvalue weighted by Gasteiger charge is -2.00. The van der Waals surface area contributed by atoms with Crippen molar-refractivity contribution >= 4 is 17.8 Å². The molecule has 16 heavy (non-hydrogen) atoms. The second-order valence-corrected chi connectivity index (χ2v) is 2.94. The lowest BCUT2D eigenvalue weighted by Crippen LogP contribution is -2.18. The fourth-order valence-electron chi connectivity index (χ4n) is 1.08. The van der Waals surface area contributed by atoms with Crippen LogP contribution < -0.4 is 5.43 Å². The number of nitro groups is 1. The zero-order chi connectivity index (χ0) is 12.0. The van der Waals surface area contributed by atoms with Crippen LogP contribution in [0.2, 0.25) is 0 Å². The van der Waals surface area contributed by atoms with Crippen molar-refractivity contribution in [1.82, 2.24) is 5.43 Å². The third-order valence-corrected chi connectivity index (χ3v) is 1.79. The van der Waals surface area contributed by atoms with Crippen LogP contribution in [0.3, 0.4) is 0 Å². The maximum absolute atomic E-state index is 11.5. The van der Waals surface area contributed by atoms with E-state index >= 15 is 0 Å². The van der Waals surface area contributed by atoms with Gasteiger partial charge in [0, 0.05) is 12.3 Å². The van der Waals surface area contributed by atoms with Gasteiger partial charge in [-0.2, -0.15) is 5.10 Å². The molecule has 0 aromatic heterocycles. The minimum Gasteiger partial charge on any atom is -0.267 e. The van der Waals surface area contributed by atoms with Gasteiger partial charge in [0.25, 0.3) is 11.6 Å². The minimum atomic E-state index is -0.599. The van der Waals surface area contributed by atoms with E-state index in [9.17, 15) is 14.9 Å². The number of nitrogens with zero attached hydrogens (tertiary/aromatic N) is 2. The molecule has 1 aromatic rings. The maximum atomic E-state index is 11.5. The summed E-state index contributed by atoms with van der Waals surface area (Å²) in [5, 5.41) is 14.3. The zero-order valence-corrected chi connectivity index (χ0v) is 8.71. The second kappa shape index (κ2) is 5.59. The molecule has 1 N–H and O–H groups in total. The van der Waals surface area contributed by atoms with Gasteiger partial charge in [-0.1, -0.05) is 19.1 Å². The van der Waals surface area contributed by atoms with E-state index in [1.165, 1.54) is 24.4 Å². The van der Waals surface area contributed by atoms with Gasteiger partial charge in [-0.05, 0) is 12.5 Å². The molecule has 84 valence electrons. The summed E-state index contributed by atoms with van der Waals surface area (Å²) < 4.78 is 0. The van der Waals surface area contributed by atoms with E-state index in [1.54, 1.807) is 6.07 Å². The first-order chi connectivity index (χ1) is 7.66. The number of carbonyl (C=O) groups is 1. The van der Waals surface area contributed by atoms with Gasteiger partial charge in [0.15, 0.2) is 0 Å². The molecule has 0 unspecified atom stereocenters. The van der Waals surface area contributed by atoms with Crippen molar-refractivity contribution in [2.24, 2.45) is 5.10 Å². The predicted octanol–water partition coefficient (Wildman–Crippen LogP) is 1.72. The van der Waals surface area contributed by atoms with Crippen molar-refractivity contribution in [3.8, 4) is 0 Å². The molecule has 0 saturated carbocycles. The third-order valence-electron chi connectivity index (χ3n) is 1.79. The van der Waals surface area contributed by atoms with Crippen LogP contribution in [-0.2, 0) is 0 Å². The van der Waals surface area contributed by atoms with Gasteiger partial charge in [0.1, 0.15) is 5.56 Å². The third kappa shape index (κ3) is 2.88. The molecule has 1 rings (SSSR count). The number of carbonyl (C=O) groups excluding carboxylic acids is 1. The zero-order valence-electron chi connectivity index (χ0n) is 8.71. The number of nitro benzene ring substituents is 1. The number of hydrazone groups is 1. The van der Waals surface area contributed by atoms with Crippen LogP contribution in [-0.4, -0.2) is 17.0 Å². The number of hydrogen-bond acceptors (Lipinski definition) is 4. The summed E-state index contributed by atoms with van der Waals surface area (Å²) in [7, 11) is 0. The molecular formula is C10H11N3O3. The van der Waals surface area contributed by atoms with E-state index in [0.717, 1.165) is 0 Å². The molecule has 0 fully saturated rings. The maximum Gasteiger partial charge on any atom is 0.282 e. The Morgan fingerprint density at radius 1 is 1.56 bits per heavy atom. The standard InChI is InChI=1S/C10H11N3O3/c1-2-7-11-12-10(14)8-5-3-4-6-9(8)13(15)16/h3-7H,2H2,1H3,(H,12,14)/b11-7+. The first-order valence-corrected chi connectivity index (χ1v) is 4.72. The van der Waals surface area contributed by atoms with E-state index < -0.39 is 10.8 Å². The van der Waals surface area contributed by atoms with E-state index in [4.69, 9.17) is 0 Å². The average Bonchev–Trinajstić information content (AvgIpc) is 2.29. The molecular weight excluding hydrogens is 210 g/mol. The summed E-state index contributed by atoms with van der Waals surface area (Å²) in [4.78, 5) is 21.6. The van der Waals surface area contributed by atoms with Gasteiger partial charge in [-0.3, -0.25) is 14.9 Å². The van der Waals surface area contributed by atoms with Gasteiger partial charge in [-0.15, -0.1) is 0 Å². The van der Waals surface area contributed by atoms with Crippen LogP contribution >= 0.6 is 0 Å². The number of para-hydroxylation sites is 1. The number of benzene rings is 1. The van der Waals surface area contributed by atoms with Gasteiger partial charge < -0.3 is 0 Å². The molecule has 1 aromatic carbocycles. The van der Waals surface area contributed by atoms with Gasteiger partial charge in [0.05, 0.1) is 4.92 Å². The molecule has 0 spiro atoms. The van der Waals surface area contributed by atoms with Crippen LogP contribution in [0, 0.1) is 10.1 Å². The molecule has 1 amide bonds. The normalized spacial score (nSPS) is 10.3. The van der Waals surface area contributed by atoms with Crippen molar-refractivity contribution in [3.05, 3.63) is 39.9 Å². The SMILES string of the molecule is CC/C=N/NC(=O)c1ccccc1[N+](=O)[O-]. The fourth-order valence-corrected chi connectivity index (χ4v) is 1.08. The highest BCUT2D eigenvalue weighted by Gasteiger charge is 2.18. The molecule has 0 aliphatic heterocycles. The lowest BCUT2D eigenvalue weighted by molar-refractivity contribution is -0.385. The number of nitrogens with one attached hydrogen (secondary N) is 1. The molecule has 0 bridgehead atoms. The summed E-state index contributed by atoms with van der Waals surface area (Å²) in [6, 6.07) is 5.73. The van der Waals surface area contributed by atoms with Crippen LogP contribution in [0.5, 0.6) is 0 Å². The highest BCUT2D eigenvalue weighted by Crippen LogP contribution is 2.16. The summed E-state index contributed by atoms with van der Waals surface area (Å²) >= 11 is 0. The predicted molar refractivity (Wildman–Crippen MR) is 59.3 cm³/mol. The molecule has 0 aliphatic rings. The summed E-state index contributed by atoms with van der Waals surface area (Å²) in [6.45, 7) is 1.86. The first kappa shape index (κ1) is 11.8. The van der Waals surface area contributed by atoms with Crippen LogP contribution in [0.25, 0.3) is 0 Å². The van der Waals surface area contributed by atoms with Gasteiger partial charge in [-0.25, -0.2) is 5.43 Å². The highest BCUT2D eigenvalue weighted by atomic mass is 16.6. The number of hydrogen-bond donors (Lipinski definition) is 1. The van der Waals surface area contributed by atoms with Crippen LogP contribution in [0.1, 0.15) is 23.7 Å². The Bertz CT molecular complexity index is 429. The molecule has 0 saturated heterocycles. The molecule has 0 radical (unpaired) electrons. The Labute approximate surface area is 92.1 Å². The largest absolute Gasteiger partial charge is 0.282 e. The Balaban J connectivity index is 2.90. The molecule has 0 atom stereocenters.